The third-order valence-corrected chi connectivity index (χ3v) is 4.23. The Kier molecular flexibility index (Phi) is 3.71. The molecule has 0 amide bonds. The molecular weight excluding hydrogens is 280 g/mol. The molecule has 0 spiro atoms. The molecule has 0 saturated carbocycles. The van der Waals surface area contributed by atoms with E-state index in [1.807, 2.05) is 43.3 Å². The summed E-state index contributed by atoms with van der Waals surface area (Å²) < 4.78 is 11.4. The van der Waals surface area contributed by atoms with Crippen LogP contribution in [-0.4, -0.2) is 24.0 Å². The predicted molar refractivity (Wildman–Crippen MR) is 81.7 cm³/mol. The second-order valence-electron chi connectivity index (χ2n) is 5.84. The van der Waals surface area contributed by atoms with Crippen LogP contribution in [-0.2, 0) is 19.1 Å². The normalized spacial score (nSPS) is 29.2. The van der Waals surface area contributed by atoms with E-state index >= 15 is 0 Å². The zero-order valence-electron chi connectivity index (χ0n) is 12.7. The van der Waals surface area contributed by atoms with Gasteiger partial charge in [0.15, 0.2) is 5.78 Å². The molecule has 2 atom stereocenters. The van der Waals surface area contributed by atoms with Gasteiger partial charge >= 0.3 is 5.97 Å². The number of hydrogen-bond acceptors (Lipinski definition) is 4. The van der Waals surface area contributed by atoms with Gasteiger partial charge in [-0.3, -0.25) is 9.59 Å². The fourth-order valence-electron chi connectivity index (χ4n) is 3.07. The van der Waals surface area contributed by atoms with Crippen molar-refractivity contribution < 1.29 is 19.1 Å². The first kappa shape index (κ1) is 14.7. The minimum absolute atomic E-state index is 0.0701. The van der Waals surface area contributed by atoms with Gasteiger partial charge in [-0.2, -0.15) is 0 Å². The predicted octanol–water partition coefficient (Wildman–Crippen LogP) is 2.89. The number of benzene rings is 1. The Balaban J connectivity index is 2.09. The molecule has 4 heteroatoms. The first-order valence-electron chi connectivity index (χ1n) is 7.32. The van der Waals surface area contributed by atoms with Crippen molar-refractivity contribution in [3.05, 3.63) is 53.6 Å². The Morgan fingerprint density at radius 2 is 2.05 bits per heavy atom. The fourth-order valence-corrected chi connectivity index (χ4v) is 3.07. The average molecular weight is 298 g/mol. The summed E-state index contributed by atoms with van der Waals surface area (Å²) >= 11 is 0. The zero-order chi connectivity index (χ0) is 15.7. The lowest BCUT2D eigenvalue weighted by atomic mass is 9.77. The molecule has 0 unspecified atom stereocenters. The summed E-state index contributed by atoms with van der Waals surface area (Å²) in [5.74, 6) is 0.114. The topological polar surface area (TPSA) is 52.6 Å². The van der Waals surface area contributed by atoms with E-state index in [4.69, 9.17) is 9.47 Å². The second-order valence-corrected chi connectivity index (χ2v) is 5.84. The molecule has 3 rings (SSSR count). The summed E-state index contributed by atoms with van der Waals surface area (Å²) in [5, 5.41) is 0. The lowest BCUT2D eigenvalue weighted by Gasteiger charge is -2.30. The number of ketones is 1. The van der Waals surface area contributed by atoms with Gasteiger partial charge in [-0.15, -0.1) is 0 Å². The molecule has 0 radical (unpaired) electrons. The fraction of sp³-hybridized carbons (Fsp3) is 0.333. The van der Waals surface area contributed by atoms with Crippen molar-refractivity contribution in [3.63, 3.8) is 0 Å². The molecule has 1 aliphatic carbocycles. The molecule has 1 heterocycles. The summed E-state index contributed by atoms with van der Waals surface area (Å²) in [6, 6.07) is 9.46. The third-order valence-electron chi connectivity index (χ3n) is 4.23. The van der Waals surface area contributed by atoms with Gasteiger partial charge in [0.1, 0.15) is 5.76 Å². The summed E-state index contributed by atoms with van der Waals surface area (Å²) in [5.41, 5.74) is 1.19. The maximum Gasteiger partial charge on any atom is 0.308 e. The van der Waals surface area contributed by atoms with Crippen molar-refractivity contribution in [2.45, 2.75) is 25.9 Å². The number of carbonyl (C=O) groups is 2. The molecule has 114 valence electrons. The zero-order valence-corrected chi connectivity index (χ0v) is 12.7. The Morgan fingerprint density at radius 3 is 2.73 bits per heavy atom. The summed E-state index contributed by atoms with van der Waals surface area (Å²) in [6.07, 6.45) is 3.76. The highest BCUT2D eigenvalue weighted by atomic mass is 16.5. The minimum Gasteiger partial charge on any atom is -0.426 e. The molecule has 0 bridgehead atoms. The Morgan fingerprint density at radius 1 is 1.32 bits per heavy atom. The number of carbonyl (C=O) groups excluding carboxylic acids is 2. The number of fused-ring (bicyclic) bond motifs is 1. The van der Waals surface area contributed by atoms with Gasteiger partial charge in [-0.1, -0.05) is 30.3 Å². The van der Waals surface area contributed by atoms with Gasteiger partial charge in [0, 0.05) is 30.4 Å². The summed E-state index contributed by atoms with van der Waals surface area (Å²) in [7, 11) is 0. The molecular formula is C18H18O4. The first-order valence-corrected chi connectivity index (χ1v) is 7.32. The van der Waals surface area contributed by atoms with Crippen molar-refractivity contribution >= 4 is 17.5 Å². The Labute approximate surface area is 129 Å². The van der Waals surface area contributed by atoms with Gasteiger partial charge in [0.05, 0.1) is 12.2 Å². The van der Waals surface area contributed by atoms with Gasteiger partial charge in [-0.05, 0) is 19.1 Å². The molecule has 1 aromatic carbocycles. The van der Waals surface area contributed by atoms with Gasteiger partial charge in [0.2, 0.25) is 0 Å². The lowest BCUT2D eigenvalue weighted by Crippen LogP contribution is -2.34. The van der Waals surface area contributed by atoms with E-state index in [0.29, 0.717) is 18.8 Å². The lowest BCUT2D eigenvalue weighted by molar-refractivity contribution is -0.134. The molecule has 0 aromatic heterocycles. The monoisotopic (exact) mass is 298 g/mol. The van der Waals surface area contributed by atoms with Crippen molar-refractivity contribution in [2.75, 3.05) is 6.61 Å². The van der Waals surface area contributed by atoms with Crippen LogP contribution in [0.5, 0.6) is 0 Å². The molecule has 1 saturated heterocycles. The van der Waals surface area contributed by atoms with Crippen molar-refractivity contribution in [1.82, 2.24) is 0 Å². The van der Waals surface area contributed by atoms with Crippen molar-refractivity contribution in [1.29, 1.82) is 0 Å². The van der Waals surface area contributed by atoms with Crippen LogP contribution in [0.3, 0.4) is 0 Å². The highest BCUT2D eigenvalue weighted by molar-refractivity contribution is 5.92. The van der Waals surface area contributed by atoms with E-state index in [9.17, 15) is 9.59 Å². The van der Waals surface area contributed by atoms with E-state index in [1.54, 1.807) is 6.08 Å². The number of ether oxygens (including phenoxy) is 2. The smallest absolute Gasteiger partial charge is 0.308 e. The third kappa shape index (κ3) is 2.62. The maximum atomic E-state index is 11.8. The molecule has 1 aliphatic heterocycles. The minimum atomic E-state index is -0.510. The van der Waals surface area contributed by atoms with Crippen LogP contribution in [0.15, 0.2) is 48.1 Å². The van der Waals surface area contributed by atoms with E-state index < -0.39 is 5.60 Å². The van der Waals surface area contributed by atoms with Gasteiger partial charge in [0.25, 0.3) is 0 Å². The van der Waals surface area contributed by atoms with E-state index in [1.165, 1.54) is 6.92 Å². The summed E-state index contributed by atoms with van der Waals surface area (Å²) in [4.78, 5) is 23.3. The summed E-state index contributed by atoms with van der Waals surface area (Å²) in [6.45, 7) is 3.70. The van der Waals surface area contributed by atoms with Crippen molar-refractivity contribution in [2.24, 2.45) is 5.92 Å². The van der Waals surface area contributed by atoms with Crippen LogP contribution >= 0.6 is 0 Å². The maximum absolute atomic E-state index is 11.8. The van der Waals surface area contributed by atoms with E-state index in [-0.39, 0.29) is 17.7 Å². The number of esters is 1. The number of allylic oxidation sites excluding steroid dienone is 1. The van der Waals surface area contributed by atoms with Crippen LogP contribution in [0.25, 0.3) is 5.76 Å². The molecule has 22 heavy (non-hydrogen) atoms. The van der Waals surface area contributed by atoms with Crippen LogP contribution in [0.1, 0.15) is 25.8 Å². The Bertz CT molecular complexity index is 672. The highest BCUT2D eigenvalue weighted by Crippen LogP contribution is 2.44. The number of rotatable bonds is 2. The molecule has 0 N–H and O–H groups in total. The van der Waals surface area contributed by atoms with E-state index in [0.717, 1.165) is 11.1 Å². The van der Waals surface area contributed by atoms with Gasteiger partial charge < -0.3 is 9.47 Å². The van der Waals surface area contributed by atoms with Crippen LogP contribution < -0.4 is 0 Å². The van der Waals surface area contributed by atoms with E-state index in [2.05, 4.69) is 0 Å². The van der Waals surface area contributed by atoms with Crippen molar-refractivity contribution in [3.8, 4) is 0 Å². The average Bonchev–Trinajstić information content (AvgIpc) is 2.83. The molecule has 2 aliphatic rings. The SMILES string of the molecule is CC(=O)O/C(=C1\CO[C@]2(C)C=CC(=O)C[C@H]12)c1ccccc1. The number of hydrogen-bond donors (Lipinski definition) is 0. The van der Waals surface area contributed by atoms with Gasteiger partial charge in [-0.25, -0.2) is 0 Å². The largest absolute Gasteiger partial charge is 0.426 e. The molecule has 1 aromatic rings. The first-order chi connectivity index (χ1) is 10.5. The quantitative estimate of drug-likeness (QED) is 0.622. The molecule has 1 fully saturated rings. The molecule has 4 nitrogen and oxygen atoms in total. The van der Waals surface area contributed by atoms with Crippen LogP contribution in [0.4, 0.5) is 0 Å². The van der Waals surface area contributed by atoms with Crippen LogP contribution in [0.2, 0.25) is 0 Å². The highest BCUT2D eigenvalue weighted by Gasteiger charge is 2.46. The second kappa shape index (κ2) is 5.54. The van der Waals surface area contributed by atoms with Crippen LogP contribution in [0, 0.1) is 5.92 Å². The Hall–Kier alpha value is -2.20. The standard InChI is InChI=1S/C18H18O4/c1-12(19)22-17(13-6-4-3-5-7-13)15-11-21-18(2)9-8-14(20)10-16(15)18/h3-9,16H,10-11H2,1-2H3/b17-15+/t16-,18-/m1/s1.